The average molecular weight is 419 g/mol. The van der Waals surface area contributed by atoms with Gasteiger partial charge in [-0.15, -0.1) is 0 Å². The molecule has 0 aromatic heterocycles. The van der Waals surface area contributed by atoms with Crippen molar-refractivity contribution in [3.05, 3.63) is 34.3 Å². The minimum absolute atomic E-state index is 0.986. The van der Waals surface area contributed by atoms with E-state index in [-0.39, 0.29) is 0 Å². The van der Waals surface area contributed by atoms with Gasteiger partial charge in [0.05, 0.1) is 0 Å². The molecule has 0 radical (unpaired) electrons. The first-order chi connectivity index (χ1) is 12.7. The van der Waals surface area contributed by atoms with E-state index < -0.39 is 0 Å². The molecule has 2 aliphatic rings. The van der Waals surface area contributed by atoms with Crippen molar-refractivity contribution in [2.24, 2.45) is 23.7 Å². The largest absolute Gasteiger partial charge is 0.0654 e. The van der Waals surface area contributed by atoms with Gasteiger partial charge in [0.25, 0.3) is 0 Å². The van der Waals surface area contributed by atoms with Gasteiger partial charge < -0.3 is 0 Å². The molecular formula is C25H39Br. The zero-order chi connectivity index (χ0) is 18.2. The molecule has 0 atom stereocenters. The maximum Gasteiger partial charge on any atom is 0.0175 e. The van der Waals surface area contributed by atoms with Gasteiger partial charge in [-0.2, -0.15) is 0 Å². The molecule has 0 spiro atoms. The van der Waals surface area contributed by atoms with E-state index in [2.05, 4.69) is 47.1 Å². The number of benzene rings is 1. The fraction of sp³-hybridized carbons (Fsp3) is 0.760. The highest BCUT2D eigenvalue weighted by atomic mass is 79.9. The highest BCUT2D eigenvalue weighted by Crippen LogP contribution is 2.38. The van der Waals surface area contributed by atoms with Crippen LogP contribution in [-0.2, 0) is 6.42 Å². The predicted molar refractivity (Wildman–Crippen MR) is 118 cm³/mol. The van der Waals surface area contributed by atoms with Gasteiger partial charge in [-0.05, 0) is 54.2 Å². The maximum absolute atomic E-state index is 3.53. The molecule has 0 N–H and O–H groups in total. The molecule has 0 unspecified atom stereocenters. The summed E-state index contributed by atoms with van der Waals surface area (Å²) in [5.41, 5.74) is 1.51. The minimum Gasteiger partial charge on any atom is -0.0654 e. The van der Waals surface area contributed by atoms with Gasteiger partial charge in [-0.25, -0.2) is 0 Å². The Morgan fingerprint density at radius 3 is 1.54 bits per heavy atom. The van der Waals surface area contributed by atoms with Gasteiger partial charge in [0.2, 0.25) is 0 Å². The molecule has 1 aromatic carbocycles. The maximum atomic E-state index is 3.53. The van der Waals surface area contributed by atoms with E-state index in [9.17, 15) is 0 Å². The van der Waals surface area contributed by atoms with Crippen LogP contribution in [0.25, 0.3) is 0 Å². The molecule has 2 saturated carbocycles. The first-order valence-corrected chi connectivity index (χ1v) is 12.3. The Hall–Kier alpha value is -0.300. The smallest absolute Gasteiger partial charge is 0.0175 e. The summed E-state index contributed by atoms with van der Waals surface area (Å²) in [6, 6.07) is 8.93. The first-order valence-electron chi connectivity index (χ1n) is 11.5. The van der Waals surface area contributed by atoms with E-state index >= 15 is 0 Å². The zero-order valence-electron chi connectivity index (χ0n) is 16.9. The van der Waals surface area contributed by atoms with E-state index in [1.54, 1.807) is 0 Å². The van der Waals surface area contributed by atoms with Crippen LogP contribution in [0.3, 0.4) is 0 Å². The molecule has 0 bridgehead atoms. The summed E-state index contributed by atoms with van der Waals surface area (Å²) in [5, 5.41) is 0. The van der Waals surface area contributed by atoms with E-state index in [1.807, 2.05) is 0 Å². The minimum atomic E-state index is 0.986. The Morgan fingerprint density at radius 2 is 1.08 bits per heavy atom. The van der Waals surface area contributed by atoms with E-state index in [4.69, 9.17) is 0 Å². The standard InChI is InChI=1S/C25H39Br/c1-2-3-20-4-6-21(7-5-20)8-9-22-10-12-23(13-11-22)14-15-24-16-18-25(26)19-17-24/h16-23H,2-15H2,1H3/t20-,21-,22-,23-. The molecule has 2 fully saturated rings. The third-order valence-corrected chi connectivity index (χ3v) is 7.90. The summed E-state index contributed by atoms with van der Waals surface area (Å²) < 4.78 is 1.20. The Morgan fingerprint density at radius 1 is 0.654 bits per heavy atom. The summed E-state index contributed by atoms with van der Waals surface area (Å²) in [4.78, 5) is 0. The van der Waals surface area contributed by atoms with Crippen molar-refractivity contribution in [3.63, 3.8) is 0 Å². The number of hydrogen-bond donors (Lipinski definition) is 0. The summed E-state index contributed by atoms with van der Waals surface area (Å²) in [6.07, 6.45) is 20.7. The summed E-state index contributed by atoms with van der Waals surface area (Å²) in [6.45, 7) is 2.35. The summed E-state index contributed by atoms with van der Waals surface area (Å²) in [7, 11) is 0. The van der Waals surface area contributed by atoms with Crippen LogP contribution in [0.4, 0.5) is 0 Å². The summed E-state index contributed by atoms with van der Waals surface area (Å²) in [5.74, 6) is 4.17. The van der Waals surface area contributed by atoms with Gasteiger partial charge in [0.15, 0.2) is 0 Å². The molecule has 2 aliphatic carbocycles. The molecule has 0 saturated heterocycles. The highest BCUT2D eigenvalue weighted by Gasteiger charge is 2.24. The topological polar surface area (TPSA) is 0 Å². The third-order valence-electron chi connectivity index (χ3n) is 7.37. The Kier molecular flexibility index (Phi) is 8.56. The van der Waals surface area contributed by atoms with Gasteiger partial charge in [-0.1, -0.05) is 112 Å². The Labute approximate surface area is 170 Å². The molecule has 1 heteroatoms. The highest BCUT2D eigenvalue weighted by molar-refractivity contribution is 9.10. The van der Waals surface area contributed by atoms with Crippen LogP contribution in [0.5, 0.6) is 0 Å². The van der Waals surface area contributed by atoms with Crippen molar-refractivity contribution in [3.8, 4) is 0 Å². The van der Waals surface area contributed by atoms with Crippen molar-refractivity contribution in [1.29, 1.82) is 0 Å². The first kappa shape index (κ1) is 20.4. The number of halogens is 1. The van der Waals surface area contributed by atoms with Gasteiger partial charge in [0.1, 0.15) is 0 Å². The van der Waals surface area contributed by atoms with Crippen LogP contribution in [0, 0.1) is 23.7 Å². The fourth-order valence-electron chi connectivity index (χ4n) is 5.52. The van der Waals surface area contributed by atoms with Gasteiger partial charge >= 0.3 is 0 Å². The van der Waals surface area contributed by atoms with Crippen molar-refractivity contribution in [1.82, 2.24) is 0 Å². The van der Waals surface area contributed by atoms with Crippen molar-refractivity contribution >= 4 is 15.9 Å². The van der Waals surface area contributed by atoms with Crippen LogP contribution in [0.15, 0.2) is 28.7 Å². The molecule has 26 heavy (non-hydrogen) atoms. The number of rotatable bonds is 8. The predicted octanol–water partition coefficient (Wildman–Crippen LogP) is 8.57. The average Bonchev–Trinajstić information content (AvgIpc) is 2.68. The Bertz CT molecular complexity index is 489. The molecule has 1 aromatic rings. The zero-order valence-corrected chi connectivity index (χ0v) is 18.5. The van der Waals surface area contributed by atoms with Crippen molar-refractivity contribution < 1.29 is 0 Å². The van der Waals surface area contributed by atoms with E-state index in [1.165, 1.54) is 99.9 Å². The monoisotopic (exact) mass is 418 g/mol. The second-order valence-corrected chi connectivity index (χ2v) is 10.2. The third kappa shape index (κ3) is 6.70. The second kappa shape index (κ2) is 10.9. The van der Waals surface area contributed by atoms with Crippen LogP contribution < -0.4 is 0 Å². The van der Waals surface area contributed by atoms with Crippen molar-refractivity contribution in [2.75, 3.05) is 0 Å². The number of hydrogen-bond acceptors (Lipinski definition) is 0. The van der Waals surface area contributed by atoms with Gasteiger partial charge in [-0.3, -0.25) is 0 Å². The van der Waals surface area contributed by atoms with Gasteiger partial charge in [0, 0.05) is 4.47 Å². The summed E-state index contributed by atoms with van der Waals surface area (Å²) >= 11 is 3.53. The molecular weight excluding hydrogens is 380 g/mol. The molecule has 0 amide bonds. The molecule has 146 valence electrons. The molecule has 0 heterocycles. The lowest BCUT2D eigenvalue weighted by Gasteiger charge is -2.32. The van der Waals surface area contributed by atoms with Crippen LogP contribution in [-0.4, -0.2) is 0 Å². The lowest BCUT2D eigenvalue weighted by Crippen LogP contribution is -2.18. The SMILES string of the molecule is CCC[C@H]1CC[C@H](CC[C@H]2CC[C@H](CCc3ccc(Br)cc3)CC2)CC1. The number of aryl methyl sites for hydroxylation is 1. The molecule has 0 aliphatic heterocycles. The second-order valence-electron chi connectivity index (χ2n) is 9.30. The van der Waals surface area contributed by atoms with Crippen LogP contribution in [0.1, 0.15) is 96.0 Å². The Balaban J connectivity index is 1.27. The molecule has 0 nitrogen and oxygen atoms in total. The van der Waals surface area contributed by atoms with E-state index in [0.29, 0.717) is 0 Å². The lowest BCUT2D eigenvalue weighted by molar-refractivity contribution is 0.209. The van der Waals surface area contributed by atoms with Crippen LogP contribution in [0.2, 0.25) is 0 Å². The normalized spacial score (nSPS) is 29.6. The van der Waals surface area contributed by atoms with Crippen molar-refractivity contribution in [2.45, 2.75) is 96.8 Å². The molecule has 3 rings (SSSR count). The lowest BCUT2D eigenvalue weighted by atomic mass is 9.74. The van der Waals surface area contributed by atoms with Crippen LogP contribution >= 0.6 is 15.9 Å². The fourth-order valence-corrected chi connectivity index (χ4v) is 5.78. The van der Waals surface area contributed by atoms with E-state index in [0.717, 1.165) is 23.7 Å². The quantitative estimate of drug-likeness (QED) is 0.396.